The monoisotopic (exact) mass is 266 g/mol. The minimum Gasteiger partial charge on any atom is -0.338 e. The fourth-order valence-electron chi connectivity index (χ4n) is 0.942. The summed E-state index contributed by atoms with van der Waals surface area (Å²) in [7, 11) is 0. The quantitative estimate of drug-likeness (QED) is 0.753. The Hall–Kier alpha value is -1.15. The molecule has 2 amide bonds. The van der Waals surface area contributed by atoms with Crippen molar-refractivity contribution in [1.29, 1.82) is 0 Å². The van der Waals surface area contributed by atoms with Gasteiger partial charge in [-0.05, 0) is 13.8 Å². The molecule has 0 aliphatic rings. The van der Waals surface area contributed by atoms with Gasteiger partial charge in [-0.1, -0.05) is 0 Å². The molecule has 17 heavy (non-hydrogen) atoms. The molecule has 0 aliphatic heterocycles. The number of halogens is 6. The van der Waals surface area contributed by atoms with Crippen LogP contribution in [0.15, 0.2) is 0 Å². The molecule has 102 valence electrons. The Balaban J connectivity index is 4.65. The molecule has 0 spiro atoms. The third kappa shape index (κ3) is 4.31. The van der Waals surface area contributed by atoms with Gasteiger partial charge in [-0.15, -0.1) is 0 Å². The summed E-state index contributed by atoms with van der Waals surface area (Å²) < 4.78 is 73.9. The Morgan fingerprint density at radius 3 is 2.06 bits per heavy atom. The highest BCUT2D eigenvalue weighted by molar-refractivity contribution is 5.74. The van der Waals surface area contributed by atoms with Crippen molar-refractivity contribution in [1.82, 2.24) is 10.6 Å². The SMILES string of the molecule is CCNC(=O)NC(C)C(F)(F)C(F)C(F)(F)F. The number of amides is 2. The van der Waals surface area contributed by atoms with Gasteiger partial charge in [0.2, 0.25) is 0 Å². The third-order valence-corrected chi connectivity index (χ3v) is 1.89. The number of hydrogen-bond acceptors (Lipinski definition) is 1. The Bertz CT molecular complexity index is 267. The van der Waals surface area contributed by atoms with Crippen LogP contribution in [0.3, 0.4) is 0 Å². The second-order valence-electron chi connectivity index (χ2n) is 3.30. The van der Waals surface area contributed by atoms with Crippen molar-refractivity contribution in [3.8, 4) is 0 Å². The van der Waals surface area contributed by atoms with Gasteiger partial charge in [0.15, 0.2) is 0 Å². The van der Waals surface area contributed by atoms with E-state index in [2.05, 4.69) is 0 Å². The van der Waals surface area contributed by atoms with E-state index in [1.807, 2.05) is 5.32 Å². The van der Waals surface area contributed by atoms with Gasteiger partial charge in [-0.2, -0.15) is 13.2 Å². The summed E-state index contributed by atoms with van der Waals surface area (Å²) in [6, 6.07) is -3.38. The van der Waals surface area contributed by atoms with Crippen molar-refractivity contribution in [2.45, 2.75) is 38.2 Å². The lowest BCUT2D eigenvalue weighted by molar-refractivity contribution is -0.249. The minimum absolute atomic E-state index is 0.0997. The summed E-state index contributed by atoms with van der Waals surface area (Å²) in [5.41, 5.74) is 0. The van der Waals surface area contributed by atoms with E-state index < -0.39 is 30.3 Å². The van der Waals surface area contributed by atoms with E-state index in [4.69, 9.17) is 0 Å². The van der Waals surface area contributed by atoms with Crippen molar-refractivity contribution >= 4 is 6.03 Å². The highest BCUT2D eigenvalue weighted by atomic mass is 19.4. The van der Waals surface area contributed by atoms with Crippen LogP contribution in [0.2, 0.25) is 0 Å². The fraction of sp³-hybridized carbons (Fsp3) is 0.875. The second kappa shape index (κ2) is 5.46. The number of rotatable bonds is 4. The van der Waals surface area contributed by atoms with Crippen LogP contribution in [0.25, 0.3) is 0 Å². The van der Waals surface area contributed by atoms with E-state index >= 15 is 0 Å². The van der Waals surface area contributed by atoms with Crippen LogP contribution in [0.1, 0.15) is 13.8 Å². The lowest BCUT2D eigenvalue weighted by Crippen LogP contribution is -2.56. The molecular weight excluding hydrogens is 254 g/mol. The van der Waals surface area contributed by atoms with Crippen molar-refractivity contribution in [2.75, 3.05) is 6.54 Å². The lowest BCUT2D eigenvalue weighted by atomic mass is 10.1. The molecule has 0 saturated carbocycles. The largest absolute Gasteiger partial charge is 0.425 e. The highest BCUT2D eigenvalue weighted by Crippen LogP contribution is 2.36. The molecule has 0 aromatic heterocycles. The number of hydrogen-bond donors (Lipinski definition) is 2. The van der Waals surface area contributed by atoms with Gasteiger partial charge < -0.3 is 10.6 Å². The van der Waals surface area contributed by atoms with Gasteiger partial charge in [0.1, 0.15) is 0 Å². The first kappa shape index (κ1) is 15.9. The van der Waals surface area contributed by atoms with E-state index in [1.54, 1.807) is 0 Å². The first-order valence-electron chi connectivity index (χ1n) is 4.66. The summed E-state index contributed by atoms with van der Waals surface area (Å²) in [5.74, 6) is -4.73. The Morgan fingerprint density at radius 1 is 1.24 bits per heavy atom. The zero-order valence-electron chi connectivity index (χ0n) is 9.04. The molecule has 0 aliphatic carbocycles. The third-order valence-electron chi connectivity index (χ3n) is 1.89. The van der Waals surface area contributed by atoms with Crippen molar-refractivity contribution < 1.29 is 31.1 Å². The number of nitrogens with one attached hydrogen (secondary N) is 2. The first-order chi connectivity index (χ1) is 7.53. The van der Waals surface area contributed by atoms with E-state index in [1.165, 1.54) is 12.2 Å². The van der Waals surface area contributed by atoms with Gasteiger partial charge in [0.05, 0.1) is 6.04 Å². The molecule has 0 radical (unpaired) electrons. The average Bonchev–Trinajstić information content (AvgIpc) is 2.15. The van der Waals surface area contributed by atoms with Gasteiger partial charge >= 0.3 is 18.1 Å². The average molecular weight is 266 g/mol. The standard InChI is InChI=1S/C8H12F6N2O/c1-3-15-6(17)16-4(2)7(10,11)5(9)8(12,13)14/h4-5H,3H2,1-2H3,(H2,15,16,17). The smallest absolute Gasteiger partial charge is 0.338 e. The molecular formula is C8H12F6N2O. The second-order valence-corrected chi connectivity index (χ2v) is 3.30. The molecule has 2 unspecified atom stereocenters. The van der Waals surface area contributed by atoms with Gasteiger partial charge in [0, 0.05) is 6.54 Å². The van der Waals surface area contributed by atoms with Crippen LogP contribution in [-0.2, 0) is 0 Å². The van der Waals surface area contributed by atoms with Crippen LogP contribution in [-0.4, -0.2) is 36.9 Å². The normalized spacial score (nSPS) is 16.2. The summed E-state index contributed by atoms with van der Waals surface area (Å²) in [5, 5.41) is 3.57. The van der Waals surface area contributed by atoms with Crippen LogP contribution < -0.4 is 10.6 Å². The number of urea groups is 1. The summed E-state index contributed by atoms with van der Waals surface area (Å²) in [4.78, 5) is 10.8. The van der Waals surface area contributed by atoms with Gasteiger partial charge in [-0.3, -0.25) is 0 Å². The molecule has 0 heterocycles. The molecule has 0 aromatic carbocycles. The van der Waals surface area contributed by atoms with Gasteiger partial charge in [0.25, 0.3) is 6.17 Å². The Kier molecular flexibility index (Phi) is 5.09. The van der Waals surface area contributed by atoms with E-state index in [9.17, 15) is 31.1 Å². The molecule has 0 rings (SSSR count). The molecule has 2 atom stereocenters. The Morgan fingerprint density at radius 2 is 1.71 bits per heavy atom. The predicted molar refractivity (Wildman–Crippen MR) is 47.6 cm³/mol. The van der Waals surface area contributed by atoms with Crippen LogP contribution in [0.5, 0.6) is 0 Å². The molecule has 0 bridgehead atoms. The Labute approximate surface area is 93.5 Å². The van der Waals surface area contributed by atoms with E-state index in [0.717, 1.165) is 0 Å². The van der Waals surface area contributed by atoms with Crippen LogP contribution in [0.4, 0.5) is 31.1 Å². The molecule has 0 fully saturated rings. The van der Waals surface area contributed by atoms with Crippen molar-refractivity contribution in [2.24, 2.45) is 0 Å². The van der Waals surface area contributed by atoms with E-state index in [-0.39, 0.29) is 6.54 Å². The highest BCUT2D eigenvalue weighted by Gasteiger charge is 2.59. The number of alkyl halides is 6. The van der Waals surface area contributed by atoms with Crippen LogP contribution in [0, 0.1) is 0 Å². The maximum Gasteiger partial charge on any atom is 0.425 e. The zero-order chi connectivity index (χ0) is 13.9. The molecule has 3 nitrogen and oxygen atoms in total. The summed E-state index contributed by atoms with van der Waals surface area (Å²) in [6.45, 7) is 2.17. The minimum atomic E-state index is -5.68. The number of carbonyl (C=O) groups excluding carboxylic acids is 1. The molecule has 0 aromatic rings. The maximum absolute atomic E-state index is 13.0. The first-order valence-corrected chi connectivity index (χ1v) is 4.66. The lowest BCUT2D eigenvalue weighted by Gasteiger charge is -2.28. The fourth-order valence-corrected chi connectivity index (χ4v) is 0.942. The molecule has 9 heteroatoms. The predicted octanol–water partition coefficient (Wildman–Crippen LogP) is 2.23. The van der Waals surface area contributed by atoms with E-state index in [0.29, 0.717) is 6.92 Å². The summed E-state index contributed by atoms with van der Waals surface area (Å²) in [6.07, 6.45) is -10.0. The van der Waals surface area contributed by atoms with Crippen LogP contribution >= 0.6 is 0 Å². The van der Waals surface area contributed by atoms with Crippen molar-refractivity contribution in [3.05, 3.63) is 0 Å². The van der Waals surface area contributed by atoms with Crippen molar-refractivity contribution in [3.63, 3.8) is 0 Å². The zero-order valence-corrected chi connectivity index (χ0v) is 9.04. The number of carbonyl (C=O) groups is 1. The van der Waals surface area contributed by atoms with Gasteiger partial charge in [-0.25, -0.2) is 18.0 Å². The molecule has 2 N–H and O–H groups in total. The molecule has 0 saturated heterocycles. The maximum atomic E-state index is 13.0. The summed E-state index contributed by atoms with van der Waals surface area (Å²) >= 11 is 0. The topological polar surface area (TPSA) is 41.1 Å².